The first kappa shape index (κ1) is 16.5. The number of ether oxygens (including phenoxy) is 1. The van der Waals surface area contributed by atoms with Crippen LogP contribution in [-0.4, -0.2) is 43.2 Å². The van der Waals surface area contributed by atoms with Gasteiger partial charge in [-0.2, -0.15) is 0 Å². The Balaban J connectivity index is 1.94. The van der Waals surface area contributed by atoms with Crippen LogP contribution >= 0.6 is 0 Å². The molecule has 1 aliphatic rings. The van der Waals surface area contributed by atoms with Crippen molar-refractivity contribution < 1.29 is 14.3 Å². The molecular weight excluding hydrogens is 282 g/mol. The van der Waals surface area contributed by atoms with Crippen molar-refractivity contribution in [2.24, 2.45) is 0 Å². The first-order valence-corrected chi connectivity index (χ1v) is 7.40. The van der Waals surface area contributed by atoms with Gasteiger partial charge in [-0.3, -0.25) is 9.59 Å². The van der Waals surface area contributed by atoms with E-state index in [1.807, 2.05) is 20.8 Å². The predicted molar refractivity (Wildman–Crippen MR) is 84.9 cm³/mol. The van der Waals surface area contributed by atoms with Gasteiger partial charge in [0, 0.05) is 23.3 Å². The summed E-state index contributed by atoms with van der Waals surface area (Å²) in [4.78, 5) is 24.1. The number of nitrogens with one attached hydrogen (secondary N) is 3. The maximum atomic E-state index is 12.0. The number of carbonyl (C=O) groups excluding carboxylic acids is 2. The fourth-order valence-electron chi connectivity index (χ4n) is 2.08. The maximum Gasteiger partial charge on any atom is 0.251 e. The molecule has 6 heteroatoms. The van der Waals surface area contributed by atoms with Gasteiger partial charge in [0.05, 0.1) is 13.2 Å². The number of morpholine rings is 1. The highest BCUT2D eigenvalue weighted by Gasteiger charge is 2.21. The first-order chi connectivity index (χ1) is 10.3. The van der Waals surface area contributed by atoms with Gasteiger partial charge in [0.15, 0.2) is 0 Å². The van der Waals surface area contributed by atoms with Crippen LogP contribution in [0.4, 0.5) is 5.69 Å². The van der Waals surface area contributed by atoms with Crippen LogP contribution < -0.4 is 16.0 Å². The van der Waals surface area contributed by atoms with Crippen molar-refractivity contribution in [2.45, 2.75) is 32.4 Å². The number of hydrogen-bond acceptors (Lipinski definition) is 4. The molecule has 2 amide bonds. The average Bonchev–Trinajstić information content (AvgIpc) is 2.47. The largest absolute Gasteiger partial charge is 0.378 e. The number of rotatable bonds is 3. The Morgan fingerprint density at radius 2 is 1.91 bits per heavy atom. The van der Waals surface area contributed by atoms with E-state index in [0.717, 1.165) is 0 Å². The lowest BCUT2D eigenvalue weighted by Gasteiger charge is -2.23. The number of benzene rings is 1. The van der Waals surface area contributed by atoms with Crippen molar-refractivity contribution in [3.05, 3.63) is 29.8 Å². The highest BCUT2D eigenvalue weighted by Crippen LogP contribution is 2.11. The third kappa shape index (κ3) is 4.82. The minimum atomic E-state index is -0.336. The Hall–Kier alpha value is -1.92. The van der Waals surface area contributed by atoms with Gasteiger partial charge < -0.3 is 20.7 Å². The van der Waals surface area contributed by atoms with Gasteiger partial charge in [0.1, 0.15) is 6.04 Å². The van der Waals surface area contributed by atoms with E-state index < -0.39 is 0 Å². The fourth-order valence-corrected chi connectivity index (χ4v) is 2.08. The molecule has 0 saturated carbocycles. The normalized spacial score (nSPS) is 18.6. The second kappa shape index (κ2) is 6.89. The third-order valence-corrected chi connectivity index (χ3v) is 3.14. The van der Waals surface area contributed by atoms with E-state index in [-0.39, 0.29) is 23.4 Å². The molecule has 22 heavy (non-hydrogen) atoms. The van der Waals surface area contributed by atoms with E-state index in [2.05, 4.69) is 16.0 Å². The fraction of sp³-hybridized carbons (Fsp3) is 0.500. The van der Waals surface area contributed by atoms with Gasteiger partial charge in [0.25, 0.3) is 5.91 Å². The number of carbonyl (C=O) groups is 2. The summed E-state index contributed by atoms with van der Waals surface area (Å²) in [6.45, 7) is 7.46. The summed E-state index contributed by atoms with van der Waals surface area (Å²) in [5, 5.41) is 8.80. The van der Waals surface area contributed by atoms with E-state index in [0.29, 0.717) is 31.0 Å². The Labute approximate surface area is 130 Å². The molecule has 0 aliphatic carbocycles. The van der Waals surface area contributed by atoms with Gasteiger partial charge in [-0.05, 0) is 45.0 Å². The van der Waals surface area contributed by atoms with Gasteiger partial charge in [-0.25, -0.2) is 0 Å². The lowest BCUT2D eigenvalue weighted by atomic mass is 10.1. The SMILES string of the molecule is CC(C)(C)NC(=O)c1ccc(NC(=O)C2COCCN2)cc1. The molecule has 6 nitrogen and oxygen atoms in total. The Bertz CT molecular complexity index is 529. The van der Waals surface area contributed by atoms with Crippen molar-refractivity contribution in [1.29, 1.82) is 0 Å². The lowest BCUT2D eigenvalue weighted by molar-refractivity contribution is -0.120. The predicted octanol–water partition coefficient (Wildman–Crippen LogP) is 1.14. The highest BCUT2D eigenvalue weighted by molar-refractivity contribution is 5.97. The van der Waals surface area contributed by atoms with Crippen molar-refractivity contribution in [1.82, 2.24) is 10.6 Å². The van der Waals surface area contributed by atoms with E-state index in [1.54, 1.807) is 24.3 Å². The smallest absolute Gasteiger partial charge is 0.251 e. The summed E-state index contributed by atoms with van der Waals surface area (Å²) in [6, 6.07) is 6.50. The first-order valence-electron chi connectivity index (χ1n) is 7.40. The topological polar surface area (TPSA) is 79.5 Å². The molecule has 1 saturated heterocycles. The quantitative estimate of drug-likeness (QED) is 0.782. The molecule has 1 aliphatic heterocycles. The van der Waals surface area contributed by atoms with E-state index in [1.165, 1.54) is 0 Å². The van der Waals surface area contributed by atoms with Crippen LogP contribution in [0.2, 0.25) is 0 Å². The van der Waals surface area contributed by atoms with Crippen LogP contribution in [-0.2, 0) is 9.53 Å². The van der Waals surface area contributed by atoms with Crippen LogP contribution in [0.3, 0.4) is 0 Å². The third-order valence-electron chi connectivity index (χ3n) is 3.14. The van der Waals surface area contributed by atoms with Crippen LogP contribution in [0.5, 0.6) is 0 Å². The van der Waals surface area contributed by atoms with Crippen molar-refractivity contribution in [3.8, 4) is 0 Å². The summed E-state index contributed by atoms with van der Waals surface area (Å²) in [6.07, 6.45) is 0. The molecule has 0 aromatic heterocycles. The number of amides is 2. The van der Waals surface area contributed by atoms with E-state index in [9.17, 15) is 9.59 Å². The van der Waals surface area contributed by atoms with Gasteiger partial charge in [-0.1, -0.05) is 0 Å². The molecule has 1 fully saturated rings. The van der Waals surface area contributed by atoms with Crippen molar-refractivity contribution >= 4 is 17.5 Å². The molecule has 1 aromatic rings. The maximum absolute atomic E-state index is 12.0. The zero-order valence-corrected chi connectivity index (χ0v) is 13.2. The minimum Gasteiger partial charge on any atom is -0.378 e. The molecule has 0 radical (unpaired) electrons. The standard InChI is InChI=1S/C16H23N3O3/c1-16(2,3)19-14(20)11-4-6-12(7-5-11)18-15(21)13-10-22-9-8-17-13/h4-7,13,17H,8-10H2,1-3H3,(H,18,21)(H,19,20). The Morgan fingerprint density at radius 1 is 1.23 bits per heavy atom. The monoisotopic (exact) mass is 305 g/mol. The molecule has 1 unspecified atom stereocenters. The molecule has 2 rings (SSSR count). The van der Waals surface area contributed by atoms with Crippen molar-refractivity contribution in [3.63, 3.8) is 0 Å². The number of anilines is 1. The Morgan fingerprint density at radius 3 is 2.45 bits per heavy atom. The average molecular weight is 305 g/mol. The minimum absolute atomic E-state index is 0.132. The molecule has 0 bridgehead atoms. The van der Waals surface area contributed by atoms with Crippen LogP contribution in [0.15, 0.2) is 24.3 Å². The second-order valence-electron chi connectivity index (χ2n) is 6.35. The lowest BCUT2D eigenvalue weighted by Crippen LogP contribution is -2.48. The van der Waals surface area contributed by atoms with E-state index >= 15 is 0 Å². The van der Waals surface area contributed by atoms with E-state index in [4.69, 9.17) is 4.74 Å². The molecule has 1 aromatic carbocycles. The van der Waals surface area contributed by atoms with Crippen LogP contribution in [0.25, 0.3) is 0 Å². The summed E-state index contributed by atoms with van der Waals surface area (Å²) in [5.41, 5.74) is 0.938. The molecule has 120 valence electrons. The zero-order chi connectivity index (χ0) is 16.2. The van der Waals surface area contributed by atoms with Gasteiger partial charge >= 0.3 is 0 Å². The molecule has 3 N–H and O–H groups in total. The number of hydrogen-bond donors (Lipinski definition) is 3. The van der Waals surface area contributed by atoms with Crippen LogP contribution in [0.1, 0.15) is 31.1 Å². The summed E-state index contributed by atoms with van der Waals surface area (Å²) in [7, 11) is 0. The molecule has 1 heterocycles. The van der Waals surface area contributed by atoms with Gasteiger partial charge in [-0.15, -0.1) is 0 Å². The zero-order valence-electron chi connectivity index (χ0n) is 13.2. The van der Waals surface area contributed by atoms with Gasteiger partial charge in [0.2, 0.25) is 5.91 Å². The summed E-state index contributed by atoms with van der Waals surface area (Å²) in [5.74, 6) is -0.265. The Kier molecular flexibility index (Phi) is 5.15. The summed E-state index contributed by atoms with van der Waals surface area (Å²) < 4.78 is 5.26. The van der Waals surface area contributed by atoms with Crippen LogP contribution in [0, 0.1) is 0 Å². The molecular formula is C16H23N3O3. The molecule has 1 atom stereocenters. The van der Waals surface area contributed by atoms with Crippen molar-refractivity contribution in [2.75, 3.05) is 25.1 Å². The molecule has 0 spiro atoms. The second-order valence-corrected chi connectivity index (χ2v) is 6.35. The highest BCUT2D eigenvalue weighted by atomic mass is 16.5. The summed E-state index contributed by atoms with van der Waals surface area (Å²) >= 11 is 0.